The van der Waals surface area contributed by atoms with E-state index >= 15 is 0 Å². The lowest BCUT2D eigenvalue weighted by molar-refractivity contribution is 0.0732. The van der Waals surface area contributed by atoms with E-state index in [1.165, 1.54) is 53.2 Å². The Balaban J connectivity index is 1.22. The van der Waals surface area contributed by atoms with Gasteiger partial charge in [0.15, 0.2) is 5.69 Å². The van der Waals surface area contributed by atoms with Gasteiger partial charge in [-0.3, -0.25) is 19.2 Å². The maximum absolute atomic E-state index is 14.6. The fraction of sp³-hybridized carbons (Fsp3) is 0.255. The smallest absolute Gasteiger partial charge is 0.275 e. The average Bonchev–Trinajstić information content (AvgIpc) is 3.58. The molecule has 16 heteroatoms. The number of aromatic nitrogens is 2. The average molecular weight is 928 g/mol. The van der Waals surface area contributed by atoms with Crippen LogP contribution >= 0.6 is 34.8 Å². The number of anilines is 1. The number of sulfonamides is 1. The molecule has 0 fully saturated rings. The van der Waals surface area contributed by atoms with Crippen molar-refractivity contribution < 1.29 is 27.6 Å². The van der Waals surface area contributed by atoms with Crippen molar-refractivity contribution in [3.63, 3.8) is 0 Å². The molecule has 0 unspecified atom stereocenters. The first-order valence-corrected chi connectivity index (χ1v) is 23.2. The van der Waals surface area contributed by atoms with Crippen molar-refractivity contribution in [3.8, 4) is 5.69 Å². The van der Waals surface area contributed by atoms with Gasteiger partial charge in [0.2, 0.25) is 0 Å². The van der Waals surface area contributed by atoms with Gasteiger partial charge in [0, 0.05) is 48.4 Å². The number of carbonyl (C=O) groups excluding carboxylic acids is 4. The lowest BCUT2D eigenvalue weighted by atomic mass is 9.98. The molecule has 63 heavy (non-hydrogen) atoms. The first kappa shape index (κ1) is 45.3. The van der Waals surface area contributed by atoms with Crippen LogP contribution in [0.4, 0.5) is 5.69 Å². The van der Waals surface area contributed by atoms with E-state index in [0.717, 1.165) is 36.8 Å². The van der Waals surface area contributed by atoms with E-state index in [0.29, 0.717) is 54.8 Å². The van der Waals surface area contributed by atoms with Crippen LogP contribution in [0.25, 0.3) is 16.5 Å². The number of amides is 4. The van der Waals surface area contributed by atoms with Crippen LogP contribution in [0.15, 0.2) is 102 Å². The molecule has 0 aliphatic carbocycles. The molecular formula is C47H45Cl3N6O6S. The Labute approximate surface area is 381 Å². The number of nitrogens with zero attached hydrogens (tertiary/aromatic N) is 4. The molecule has 4 amide bonds. The van der Waals surface area contributed by atoms with Crippen molar-refractivity contribution in [2.45, 2.75) is 64.3 Å². The molecule has 2 N–H and O–H groups in total. The molecule has 12 nitrogen and oxygen atoms in total. The number of halogens is 3. The zero-order valence-electron chi connectivity index (χ0n) is 34.9. The zero-order valence-corrected chi connectivity index (χ0v) is 38.0. The molecule has 326 valence electrons. The highest BCUT2D eigenvalue weighted by Crippen LogP contribution is 2.31. The van der Waals surface area contributed by atoms with Crippen molar-refractivity contribution in [2.75, 3.05) is 25.0 Å². The number of hydrogen-bond donors (Lipinski definition) is 2. The van der Waals surface area contributed by atoms with Crippen LogP contribution in [0.5, 0.6) is 0 Å². The second-order valence-electron chi connectivity index (χ2n) is 15.3. The minimum absolute atomic E-state index is 0.0482. The van der Waals surface area contributed by atoms with Crippen LogP contribution in [0.1, 0.15) is 97.9 Å². The lowest BCUT2D eigenvalue weighted by Crippen LogP contribution is -2.37. The van der Waals surface area contributed by atoms with Crippen LogP contribution in [0.2, 0.25) is 15.1 Å². The topological polar surface area (TPSA) is 151 Å². The Morgan fingerprint density at radius 3 is 2.19 bits per heavy atom. The summed E-state index contributed by atoms with van der Waals surface area (Å²) in [6.45, 7) is 7.59. The highest BCUT2D eigenvalue weighted by Gasteiger charge is 2.30. The highest BCUT2D eigenvalue weighted by atomic mass is 35.5. The first-order valence-electron chi connectivity index (χ1n) is 20.6. The fourth-order valence-electron chi connectivity index (χ4n) is 7.49. The Hall–Kier alpha value is -5.73. The highest BCUT2D eigenvalue weighted by molar-refractivity contribution is 7.90. The van der Waals surface area contributed by atoms with Gasteiger partial charge >= 0.3 is 0 Å². The standard InChI is InChI=1S/C47H45Cl3N6O6S/c1-4-6-22-54(23-7-5-2)47(60)43-42(50)29(3)56(52-43)41-20-17-32(25-37(41)46(59)55-24-21-30-11-8-9-12-34(30)28-55)45(58)53-63(61,62)35-18-15-31-13-10-14-40(36(31)27-35)51-44(57)33-16-19-38(48)39(49)26-33/h8-20,25-27H,4-7,21-24,28H2,1-3H3,(H,51,57)(H,53,58). The van der Waals surface area contributed by atoms with Gasteiger partial charge in [0.05, 0.1) is 36.9 Å². The van der Waals surface area contributed by atoms with Gasteiger partial charge in [-0.05, 0) is 97.3 Å². The van der Waals surface area contributed by atoms with Crippen molar-refractivity contribution in [3.05, 3.63) is 151 Å². The predicted molar refractivity (Wildman–Crippen MR) is 247 cm³/mol. The summed E-state index contributed by atoms with van der Waals surface area (Å²) in [6.07, 6.45) is 4.03. The number of unbranched alkanes of at least 4 members (excludes halogenated alkanes) is 2. The third-order valence-corrected chi connectivity index (χ3v) is 13.6. The van der Waals surface area contributed by atoms with Crippen molar-refractivity contribution in [1.29, 1.82) is 0 Å². The van der Waals surface area contributed by atoms with Crippen LogP contribution in [-0.2, 0) is 23.0 Å². The second kappa shape index (κ2) is 19.3. The van der Waals surface area contributed by atoms with E-state index in [9.17, 15) is 27.6 Å². The number of hydrogen-bond acceptors (Lipinski definition) is 7. The number of rotatable bonds is 14. The summed E-state index contributed by atoms with van der Waals surface area (Å²) >= 11 is 19.0. The monoisotopic (exact) mass is 926 g/mol. The van der Waals surface area contributed by atoms with Crippen LogP contribution in [0.3, 0.4) is 0 Å². The van der Waals surface area contributed by atoms with Gasteiger partial charge in [0.25, 0.3) is 33.7 Å². The molecule has 1 aliphatic rings. The maximum atomic E-state index is 14.6. The molecule has 0 bridgehead atoms. The van der Waals surface area contributed by atoms with E-state index < -0.39 is 27.7 Å². The summed E-state index contributed by atoms with van der Waals surface area (Å²) in [5.74, 6) is -2.23. The van der Waals surface area contributed by atoms with Gasteiger partial charge < -0.3 is 15.1 Å². The Kier molecular flexibility index (Phi) is 13.9. The third-order valence-electron chi connectivity index (χ3n) is 11.1. The molecule has 0 radical (unpaired) electrons. The minimum Gasteiger partial charge on any atom is -0.337 e. The second-order valence-corrected chi connectivity index (χ2v) is 18.2. The summed E-state index contributed by atoms with van der Waals surface area (Å²) in [6, 6.07) is 25.9. The van der Waals surface area contributed by atoms with Crippen LogP contribution in [0, 0.1) is 6.92 Å². The molecule has 0 atom stereocenters. The van der Waals surface area contributed by atoms with Gasteiger partial charge in [0.1, 0.15) is 0 Å². The molecule has 5 aromatic carbocycles. The molecule has 0 saturated carbocycles. The summed E-state index contributed by atoms with van der Waals surface area (Å²) in [7, 11) is -4.51. The van der Waals surface area contributed by atoms with Gasteiger partial charge in [-0.2, -0.15) is 5.10 Å². The van der Waals surface area contributed by atoms with Crippen LogP contribution in [-0.4, -0.2) is 71.3 Å². The molecule has 0 spiro atoms. The number of nitrogens with one attached hydrogen (secondary N) is 2. The molecule has 7 rings (SSSR count). The molecule has 1 aliphatic heterocycles. The quantitative estimate of drug-likeness (QED) is 0.110. The summed E-state index contributed by atoms with van der Waals surface area (Å²) in [4.78, 5) is 58.8. The Bertz CT molecular complexity index is 2870. The van der Waals surface area contributed by atoms with Crippen molar-refractivity contribution >= 4 is 84.9 Å². The minimum atomic E-state index is -4.51. The Morgan fingerprint density at radius 1 is 0.778 bits per heavy atom. The number of benzene rings is 5. The summed E-state index contributed by atoms with van der Waals surface area (Å²) < 4.78 is 31.4. The molecular weight excluding hydrogens is 883 g/mol. The maximum Gasteiger partial charge on any atom is 0.275 e. The van der Waals surface area contributed by atoms with E-state index in [-0.39, 0.29) is 53.9 Å². The van der Waals surface area contributed by atoms with Crippen molar-refractivity contribution in [1.82, 2.24) is 24.3 Å². The van der Waals surface area contributed by atoms with E-state index in [2.05, 4.69) is 29.0 Å². The van der Waals surface area contributed by atoms with Gasteiger partial charge in [-0.15, -0.1) is 0 Å². The van der Waals surface area contributed by atoms with E-state index in [1.807, 2.05) is 24.3 Å². The fourth-order valence-corrected chi connectivity index (χ4v) is 8.99. The zero-order chi connectivity index (χ0) is 45.0. The van der Waals surface area contributed by atoms with Crippen LogP contribution < -0.4 is 10.0 Å². The molecule has 1 aromatic heterocycles. The summed E-state index contributed by atoms with van der Waals surface area (Å²) in [5, 5.41) is 9.13. The number of carbonyl (C=O) groups is 4. The SMILES string of the molecule is CCCCN(CCCC)C(=O)c1nn(-c2ccc(C(=O)NS(=O)(=O)c3ccc4cccc(NC(=O)c5ccc(Cl)c(Cl)c5)c4c3)cc2C(=O)N2CCc3ccccc3C2)c(C)c1Cl. The molecule has 2 heterocycles. The molecule has 6 aromatic rings. The predicted octanol–water partition coefficient (Wildman–Crippen LogP) is 9.91. The summed E-state index contributed by atoms with van der Waals surface area (Å²) in [5.41, 5.74) is 3.33. The van der Waals surface area contributed by atoms with Gasteiger partial charge in [-0.25, -0.2) is 17.8 Å². The van der Waals surface area contributed by atoms with Gasteiger partial charge in [-0.1, -0.05) is 104 Å². The largest absolute Gasteiger partial charge is 0.337 e. The first-order chi connectivity index (χ1) is 30.2. The van der Waals surface area contributed by atoms with E-state index in [4.69, 9.17) is 34.8 Å². The molecule has 0 saturated heterocycles. The Morgan fingerprint density at radius 2 is 1.48 bits per heavy atom. The third kappa shape index (κ3) is 9.77. The number of fused-ring (bicyclic) bond motifs is 2. The normalized spacial score (nSPS) is 12.5. The van der Waals surface area contributed by atoms with E-state index in [1.54, 1.807) is 41.0 Å². The lowest BCUT2D eigenvalue weighted by Gasteiger charge is -2.29. The van der Waals surface area contributed by atoms with Crippen molar-refractivity contribution in [2.24, 2.45) is 0 Å².